The Morgan fingerprint density at radius 3 is 2.68 bits per heavy atom. The quantitative estimate of drug-likeness (QED) is 0.148. The molecule has 1 atom stereocenters. The lowest BCUT2D eigenvalue weighted by Crippen LogP contribution is -2.45. The number of benzene rings is 1. The van der Waals surface area contributed by atoms with Crippen molar-refractivity contribution in [1.29, 1.82) is 5.41 Å². The minimum atomic E-state index is -0.432. The van der Waals surface area contributed by atoms with Gasteiger partial charge >= 0.3 is 0 Å². The number of nitrogen functional groups attached to an aromatic ring is 1. The molecule has 37 heavy (non-hydrogen) atoms. The molecule has 194 valence electrons. The highest BCUT2D eigenvalue weighted by atomic mass is 32.2. The van der Waals surface area contributed by atoms with Crippen LogP contribution in [0.1, 0.15) is 36.1 Å². The van der Waals surface area contributed by atoms with Crippen LogP contribution in [-0.2, 0) is 22.6 Å². The maximum atomic E-state index is 13.0. The third-order valence-corrected chi connectivity index (χ3v) is 6.67. The van der Waals surface area contributed by atoms with Gasteiger partial charge < -0.3 is 16.4 Å². The summed E-state index contributed by atoms with van der Waals surface area (Å²) in [4.78, 5) is 29.6. The average molecular weight is 519 g/mol. The number of nitrogens with zero attached hydrogens (tertiary/aromatic N) is 1. The monoisotopic (exact) mass is 518 g/mol. The number of amidine groups is 1. The van der Waals surface area contributed by atoms with E-state index < -0.39 is 6.04 Å². The van der Waals surface area contributed by atoms with Crippen molar-refractivity contribution in [1.82, 2.24) is 20.3 Å². The van der Waals surface area contributed by atoms with Crippen LogP contribution in [0.2, 0.25) is 0 Å². The van der Waals surface area contributed by atoms with Crippen LogP contribution in [0.15, 0.2) is 84.6 Å². The van der Waals surface area contributed by atoms with Crippen molar-refractivity contribution < 1.29 is 9.59 Å². The Labute approximate surface area is 222 Å². The molecule has 0 saturated heterocycles. The first-order valence-corrected chi connectivity index (χ1v) is 13.3. The minimum absolute atomic E-state index is 0.000652. The van der Waals surface area contributed by atoms with E-state index in [2.05, 4.69) is 32.5 Å². The van der Waals surface area contributed by atoms with Crippen LogP contribution in [0.3, 0.4) is 0 Å². The zero-order valence-corrected chi connectivity index (χ0v) is 21.6. The van der Waals surface area contributed by atoms with Gasteiger partial charge in [-0.15, -0.1) is 0 Å². The van der Waals surface area contributed by atoms with E-state index in [1.54, 1.807) is 18.3 Å². The number of hydrogen-bond acceptors (Lipinski definition) is 6. The number of hydrogen-bond donors (Lipinski definition) is 5. The van der Waals surface area contributed by atoms with Crippen LogP contribution in [0.25, 0.3) is 0 Å². The second-order valence-electron chi connectivity index (χ2n) is 8.62. The minimum Gasteiger partial charge on any atom is -0.384 e. The molecule has 3 rings (SSSR count). The van der Waals surface area contributed by atoms with Crippen LogP contribution >= 0.6 is 11.9 Å². The SMILES string of the molecule is N=C(N)c1ccc(CNC(=O)CNC(=O)C(CCCc2ccccn2)NSCC2=CC=CC=CC2)cc1. The Hall–Kier alpha value is -3.69. The van der Waals surface area contributed by atoms with E-state index in [4.69, 9.17) is 11.1 Å². The molecule has 0 fully saturated rings. The van der Waals surface area contributed by atoms with Gasteiger partial charge in [-0.05, 0) is 43.4 Å². The lowest BCUT2D eigenvalue weighted by atomic mass is 10.1. The highest BCUT2D eigenvalue weighted by Crippen LogP contribution is 2.14. The van der Waals surface area contributed by atoms with Crippen LogP contribution < -0.4 is 21.1 Å². The number of allylic oxidation sites excluding steroid dienone is 5. The molecular formula is C28H34N6O2S. The second-order valence-corrected chi connectivity index (χ2v) is 9.43. The van der Waals surface area contributed by atoms with E-state index in [0.717, 1.165) is 36.3 Å². The number of nitrogens with one attached hydrogen (secondary N) is 4. The first-order valence-electron chi connectivity index (χ1n) is 12.3. The van der Waals surface area contributed by atoms with Crippen LogP contribution in [0.5, 0.6) is 0 Å². The Bertz CT molecular complexity index is 1130. The molecule has 6 N–H and O–H groups in total. The van der Waals surface area contributed by atoms with Gasteiger partial charge in [-0.1, -0.05) is 78.2 Å². The first-order chi connectivity index (χ1) is 18.0. The molecule has 1 heterocycles. The van der Waals surface area contributed by atoms with Gasteiger partial charge in [-0.25, -0.2) is 0 Å². The molecule has 1 aromatic heterocycles. The van der Waals surface area contributed by atoms with Crippen LogP contribution in [-0.4, -0.2) is 41.0 Å². The molecule has 1 aromatic carbocycles. The van der Waals surface area contributed by atoms with Gasteiger partial charge in [0, 0.05) is 29.8 Å². The number of amides is 2. The van der Waals surface area contributed by atoms with Crippen molar-refractivity contribution in [2.75, 3.05) is 12.3 Å². The van der Waals surface area contributed by atoms with Crippen LogP contribution in [0, 0.1) is 5.41 Å². The van der Waals surface area contributed by atoms with E-state index in [1.807, 2.05) is 48.6 Å². The molecule has 1 unspecified atom stereocenters. The van der Waals surface area contributed by atoms with Crippen molar-refractivity contribution in [3.05, 3.63) is 101 Å². The molecule has 1 aliphatic rings. The molecule has 0 aliphatic heterocycles. The van der Waals surface area contributed by atoms with Crippen molar-refractivity contribution in [2.45, 2.75) is 38.3 Å². The van der Waals surface area contributed by atoms with Gasteiger partial charge in [0.15, 0.2) is 0 Å². The van der Waals surface area contributed by atoms with Gasteiger partial charge in [0.05, 0.1) is 12.6 Å². The maximum Gasteiger partial charge on any atom is 0.239 e. The standard InChI is InChI=1S/C28H34N6O2S/c29-27(30)23-15-13-21(14-16-23)18-32-26(35)19-33-28(36)25(12-7-11-24-10-5-6-17-31-24)34-37-20-22-8-3-1-2-4-9-22/h1-6,8,10,13-17,25,34H,7,9,11-12,18-20H2,(H3,29,30)(H,32,35)(H,33,36). The molecule has 0 spiro atoms. The largest absolute Gasteiger partial charge is 0.384 e. The summed E-state index contributed by atoms with van der Waals surface area (Å²) in [5, 5.41) is 13.0. The lowest BCUT2D eigenvalue weighted by Gasteiger charge is -2.18. The third kappa shape index (κ3) is 10.4. The normalized spacial score (nSPS) is 13.4. The maximum absolute atomic E-state index is 13.0. The molecule has 1 aliphatic carbocycles. The smallest absolute Gasteiger partial charge is 0.239 e. The van der Waals surface area contributed by atoms with Crippen molar-refractivity contribution in [3.8, 4) is 0 Å². The van der Waals surface area contributed by atoms with Gasteiger partial charge in [-0.2, -0.15) is 0 Å². The summed E-state index contributed by atoms with van der Waals surface area (Å²) in [5.74, 6) is 0.288. The summed E-state index contributed by atoms with van der Waals surface area (Å²) in [6, 6.07) is 12.5. The predicted octanol–water partition coefficient (Wildman–Crippen LogP) is 3.17. The number of aromatic nitrogens is 1. The summed E-state index contributed by atoms with van der Waals surface area (Å²) in [5.41, 5.74) is 9.24. The Morgan fingerprint density at radius 1 is 1.08 bits per heavy atom. The Balaban J connectivity index is 1.46. The average Bonchev–Trinajstić information content (AvgIpc) is 3.19. The number of rotatable bonds is 14. The molecular weight excluding hydrogens is 484 g/mol. The fraction of sp³-hybridized carbons (Fsp3) is 0.286. The van der Waals surface area contributed by atoms with Gasteiger partial charge in [-0.3, -0.25) is 24.7 Å². The molecule has 0 radical (unpaired) electrons. The van der Waals surface area contributed by atoms with Crippen molar-refractivity contribution in [2.24, 2.45) is 5.73 Å². The molecule has 0 bridgehead atoms. The van der Waals surface area contributed by atoms with E-state index in [1.165, 1.54) is 17.5 Å². The Morgan fingerprint density at radius 2 is 1.92 bits per heavy atom. The summed E-state index contributed by atoms with van der Waals surface area (Å²) in [6.07, 6.45) is 15.1. The summed E-state index contributed by atoms with van der Waals surface area (Å²) in [7, 11) is 0. The lowest BCUT2D eigenvalue weighted by molar-refractivity contribution is -0.127. The van der Waals surface area contributed by atoms with Gasteiger partial charge in [0.1, 0.15) is 5.84 Å². The zero-order valence-electron chi connectivity index (χ0n) is 20.8. The predicted molar refractivity (Wildman–Crippen MR) is 150 cm³/mol. The highest BCUT2D eigenvalue weighted by molar-refractivity contribution is 7.97. The summed E-state index contributed by atoms with van der Waals surface area (Å²) < 4.78 is 3.31. The number of aryl methyl sites for hydroxylation is 1. The summed E-state index contributed by atoms with van der Waals surface area (Å²) in [6.45, 7) is 0.223. The Kier molecular flexibility index (Phi) is 11.6. The van der Waals surface area contributed by atoms with Gasteiger partial charge in [0.2, 0.25) is 11.8 Å². The fourth-order valence-electron chi connectivity index (χ4n) is 3.60. The van der Waals surface area contributed by atoms with E-state index in [9.17, 15) is 9.59 Å². The molecule has 2 aromatic rings. The third-order valence-electron chi connectivity index (χ3n) is 5.70. The second kappa shape index (κ2) is 15.4. The zero-order chi connectivity index (χ0) is 26.3. The number of nitrogens with two attached hydrogens (primary N) is 1. The van der Waals surface area contributed by atoms with E-state index in [-0.39, 0.29) is 24.2 Å². The molecule has 0 saturated carbocycles. The molecule has 9 heteroatoms. The summed E-state index contributed by atoms with van der Waals surface area (Å²) >= 11 is 1.51. The van der Waals surface area contributed by atoms with E-state index in [0.29, 0.717) is 18.5 Å². The highest BCUT2D eigenvalue weighted by Gasteiger charge is 2.19. The topological polar surface area (TPSA) is 133 Å². The first kappa shape index (κ1) is 27.9. The van der Waals surface area contributed by atoms with Gasteiger partial charge in [0.25, 0.3) is 0 Å². The van der Waals surface area contributed by atoms with Crippen molar-refractivity contribution in [3.63, 3.8) is 0 Å². The number of carbonyl (C=O) groups is 2. The van der Waals surface area contributed by atoms with Crippen molar-refractivity contribution >= 4 is 29.6 Å². The molecule has 8 nitrogen and oxygen atoms in total. The van der Waals surface area contributed by atoms with E-state index >= 15 is 0 Å². The van der Waals surface area contributed by atoms with Crippen LogP contribution in [0.4, 0.5) is 0 Å². The molecule has 2 amide bonds. The number of pyridine rings is 1. The fourth-order valence-corrected chi connectivity index (χ4v) is 4.51. The number of carbonyl (C=O) groups excluding carboxylic acids is 2.